The Kier molecular flexibility index (Phi) is 4.40. The first-order valence-corrected chi connectivity index (χ1v) is 9.22. The SMILES string of the molecule is Cc1ccc(S(=O)(=O)n2ccc3c2CC(C=NO)(C(F)F)CC3)cc1. The Balaban J connectivity index is 2.08. The molecule has 0 saturated heterocycles. The smallest absolute Gasteiger partial charge is 0.267 e. The standard InChI is InChI=1S/C17H18F2N2O3S/c1-12-2-4-14(5-3-12)25(23,24)21-9-7-13-6-8-17(11-20-22,16(18)19)10-15(13)21/h2-5,7,9,11,16,22H,6,8,10H2,1H3. The number of alkyl halides is 2. The highest BCUT2D eigenvalue weighted by molar-refractivity contribution is 7.90. The first kappa shape index (κ1) is 17.6. The van der Waals surface area contributed by atoms with E-state index in [1.165, 1.54) is 18.3 Å². The number of aromatic nitrogens is 1. The number of halogens is 2. The monoisotopic (exact) mass is 368 g/mol. The summed E-state index contributed by atoms with van der Waals surface area (Å²) in [7, 11) is -3.88. The molecule has 1 aliphatic rings. The van der Waals surface area contributed by atoms with Gasteiger partial charge < -0.3 is 5.21 Å². The molecule has 3 rings (SSSR count). The molecule has 0 bridgehead atoms. The van der Waals surface area contributed by atoms with Gasteiger partial charge in [0.25, 0.3) is 10.0 Å². The third-order valence-corrected chi connectivity index (χ3v) is 6.46. The molecule has 8 heteroatoms. The molecular formula is C17H18F2N2O3S. The highest BCUT2D eigenvalue weighted by Gasteiger charge is 2.44. The number of hydrogen-bond donors (Lipinski definition) is 1. The number of hydrogen-bond acceptors (Lipinski definition) is 4. The van der Waals surface area contributed by atoms with E-state index in [0.29, 0.717) is 12.1 Å². The van der Waals surface area contributed by atoms with Crippen LogP contribution >= 0.6 is 0 Å². The minimum atomic E-state index is -3.88. The second kappa shape index (κ2) is 6.25. The predicted molar refractivity (Wildman–Crippen MR) is 88.9 cm³/mol. The maximum atomic E-state index is 13.6. The number of rotatable bonds is 4. The van der Waals surface area contributed by atoms with Gasteiger partial charge >= 0.3 is 0 Å². The van der Waals surface area contributed by atoms with Gasteiger partial charge in [-0.1, -0.05) is 17.7 Å². The van der Waals surface area contributed by atoms with Gasteiger partial charge in [0, 0.05) is 18.3 Å². The second-order valence-corrected chi connectivity index (χ2v) is 8.17. The summed E-state index contributed by atoms with van der Waals surface area (Å²) in [4.78, 5) is 0.0977. The van der Waals surface area contributed by atoms with Crippen molar-refractivity contribution >= 4 is 16.2 Å². The van der Waals surface area contributed by atoms with Crippen LogP contribution in [-0.2, 0) is 22.9 Å². The summed E-state index contributed by atoms with van der Waals surface area (Å²) in [6.07, 6.45) is -0.351. The molecule has 1 N–H and O–H groups in total. The topological polar surface area (TPSA) is 71.7 Å². The first-order valence-electron chi connectivity index (χ1n) is 7.78. The summed E-state index contributed by atoms with van der Waals surface area (Å²) >= 11 is 0. The Labute approximate surface area is 144 Å². The first-order chi connectivity index (χ1) is 11.8. The van der Waals surface area contributed by atoms with Gasteiger partial charge in [0.15, 0.2) is 0 Å². The summed E-state index contributed by atoms with van der Waals surface area (Å²) < 4.78 is 54.1. The Morgan fingerprint density at radius 1 is 1.28 bits per heavy atom. The fourth-order valence-corrected chi connectivity index (χ4v) is 4.59. The van der Waals surface area contributed by atoms with E-state index in [9.17, 15) is 17.2 Å². The van der Waals surface area contributed by atoms with Crippen molar-refractivity contribution in [3.63, 3.8) is 0 Å². The zero-order valence-corrected chi connectivity index (χ0v) is 14.4. The molecule has 134 valence electrons. The largest absolute Gasteiger partial charge is 0.411 e. The fraction of sp³-hybridized carbons (Fsp3) is 0.353. The fourth-order valence-electron chi connectivity index (χ4n) is 3.19. The van der Waals surface area contributed by atoms with Crippen LogP contribution in [0, 0.1) is 12.3 Å². The van der Waals surface area contributed by atoms with Crippen molar-refractivity contribution in [3.05, 3.63) is 53.3 Å². The minimum Gasteiger partial charge on any atom is -0.411 e. The molecule has 5 nitrogen and oxygen atoms in total. The molecule has 0 saturated carbocycles. The minimum absolute atomic E-state index is 0.0936. The number of benzene rings is 1. The zero-order valence-electron chi connectivity index (χ0n) is 13.6. The van der Waals surface area contributed by atoms with Gasteiger partial charge in [-0.3, -0.25) is 0 Å². The lowest BCUT2D eigenvalue weighted by Gasteiger charge is -2.33. The van der Waals surface area contributed by atoms with E-state index in [4.69, 9.17) is 5.21 Å². The van der Waals surface area contributed by atoms with Crippen molar-refractivity contribution < 1.29 is 22.4 Å². The highest BCUT2D eigenvalue weighted by atomic mass is 32.2. The molecule has 1 aromatic carbocycles. The Hall–Kier alpha value is -2.22. The van der Waals surface area contributed by atoms with Gasteiger partial charge in [-0.25, -0.2) is 21.2 Å². The van der Waals surface area contributed by atoms with Gasteiger partial charge in [-0.15, -0.1) is 5.16 Å². The summed E-state index contributed by atoms with van der Waals surface area (Å²) in [6, 6.07) is 8.01. The van der Waals surface area contributed by atoms with Gasteiger partial charge in [-0.05, 0) is 43.5 Å². The molecule has 0 aliphatic heterocycles. The van der Waals surface area contributed by atoms with Crippen molar-refractivity contribution in [3.8, 4) is 0 Å². The Morgan fingerprint density at radius 2 is 1.96 bits per heavy atom. The molecule has 0 fully saturated rings. The summed E-state index contributed by atoms with van der Waals surface area (Å²) in [6.45, 7) is 1.85. The van der Waals surface area contributed by atoms with Gasteiger partial charge in [0.05, 0.1) is 16.5 Å². The van der Waals surface area contributed by atoms with Crippen molar-refractivity contribution in [1.29, 1.82) is 0 Å². The van der Waals surface area contributed by atoms with Gasteiger partial charge in [-0.2, -0.15) is 0 Å². The molecule has 1 unspecified atom stereocenters. The van der Waals surface area contributed by atoms with Gasteiger partial charge in [0.1, 0.15) is 0 Å². The number of aryl methyl sites for hydroxylation is 2. The van der Waals surface area contributed by atoms with Crippen molar-refractivity contribution in [1.82, 2.24) is 3.97 Å². The Morgan fingerprint density at radius 3 is 2.56 bits per heavy atom. The molecular weight excluding hydrogens is 350 g/mol. The average Bonchev–Trinajstić information content (AvgIpc) is 2.99. The van der Waals surface area contributed by atoms with Crippen LogP contribution in [0.3, 0.4) is 0 Å². The van der Waals surface area contributed by atoms with Crippen LogP contribution in [-0.4, -0.2) is 30.2 Å². The quantitative estimate of drug-likeness (QED) is 0.512. The van der Waals surface area contributed by atoms with E-state index in [1.807, 2.05) is 6.92 Å². The lowest BCUT2D eigenvalue weighted by molar-refractivity contribution is 0.0327. The molecule has 1 heterocycles. The molecule has 1 aliphatic carbocycles. The average molecular weight is 368 g/mol. The lowest BCUT2D eigenvalue weighted by Crippen LogP contribution is -2.38. The summed E-state index contributed by atoms with van der Waals surface area (Å²) in [5.41, 5.74) is 0.287. The lowest BCUT2D eigenvalue weighted by atomic mass is 9.75. The summed E-state index contributed by atoms with van der Waals surface area (Å²) in [5.74, 6) is 0. The van der Waals surface area contributed by atoms with E-state index in [2.05, 4.69) is 5.16 Å². The maximum absolute atomic E-state index is 13.6. The van der Waals surface area contributed by atoms with E-state index in [1.54, 1.807) is 18.2 Å². The molecule has 25 heavy (non-hydrogen) atoms. The molecule has 0 amide bonds. The van der Waals surface area contributed by atoms with Crippen LogP contribution < -0.4 is 0 Å². The van der Waals surface area contributed by atoms with Crippen LogP contribution in [0.1, 0.15) is 23.2 Å². The number of fused-ring (bicyclic) bond motifs is 1. The highest BCUT2D eigenvalue weighted by Crippen LogP contribution is 2.40. The normalized spacial score (nSPS) is 21.0. The molecule has 0 spiro atoms. The molecule has 1 aromatic heterocycles. The third-order valence-electron chi connectivity index (χ3n) is 4.73. The second-order valence-electron chi connectivity index (χ2n) is 6.36. The van der Waals surface area contributed by atoms with E-state index < -0.39 is 21.9 Å². The van der Waals surface area contributed by atoms with Crippen LogP contribution in [0.2, 0.25) is 0 Å². The van der Waals surface area contributed by atoms with Crippen molar-refractivity contribution in [2.45, 2.75) is 37.5 Å². The van der Waals surface area contributed by atoms with Crippen LogP contribution in [0.25, 0.3) is 0 Å². The predicted octanol–water partition coefficient (Wildman–Crippen LogP) is 3.23. The van der Waals surface area contributed by atoms with Crippen molar-refractivity contribution in [2.24, 2.45) is 10.6 Å². The van der Waals surface area contributed by atoms with Crippen LogP contribution in [0.4, 0.5) is 8.78 Å². The third kappa shape index (κ3) is 2.95. The van der Waals surface area contributed by atoms with Crippen LogP contribution in [0.5, 0.6) is 0 Å². The van der Waals surface area contributed by atoms with Crippen LogP contribution in [0.15, 0.2) is 46.6 Å². The van der Waals surface area contributed by atoms with E-state index in [-0.39, 0.29) is 17.7 Å². The summed E-state index contributed by atoms with van der Waals surface area (Å²) in [5, 5.41) is 11.6. The van der Waals surface area contributed by atoms with E-state index in [0.717, 1.165) is 21.3 Å². The molecule has 1 atom stereocenters. The van der Waals surface area contributed by atoms with E-state index >= 15 is 0 Å². The molecule has 0 radical (unpaired) electrons. The number of nitrogens with zero attached hydrogens (tertiary/aromatic N) is 2. The van der Waals surface area contributed by atoms with Gasteiger partial charge in [0.2, 0.25) is 6.43 Å². The molecule has 2 aromatic rings. The maximum Gasteiger partial charge on any atom is 0.267 e. The van der Waals surface area contributed by atoms with Crippen molar-refractivity contribution in [2.75, 3.05) is 0 Å². The number of oxime groups is 1. The Bertz CT molecular complexity index is 904. The zero-order chi connectivity index (χ0) is 18.2.